The third-order valence-electron chi connectivity index (χ3n) is 6.36. The van der Waals surface area contributed by atoms with Crippen LogP contribution in [0.15, 0.2) is 108 Å². The summed E-state index contributed by atoms with van der Waals surface area (Å²) in [6, 6.07) is 36.2. The Morgan fingerprint density at radius 1 is 0.588 bits per heavy atom. The van der Waals surface area contributed by atoms with Crippen LogP contribution >= 0.6 is 27.3 Å². The maximum absolute atomic E-state index is 5.30. The first-order chi connectivity index (χ1) is 16.8. The lowest BCUT2D eigenvalue weighted by Crippen LogP contribution is -1.95. The largest absolute Gasteiger partial charge is 0.242 e. The summed E-state index contributed by atoms with van der Waals surface area (Å²) in [7, 11) is 0. The maximum atomic E-state index is 5.30. The van der Waals surface area contributed by atoms with Crippen LogP contribution in [0.1, 0.15) is 0 Å². The molecule has 0 amide bonds. The standard InChI is InChI=1S/C30H17BrN2S/c31-25-16-15-23(21-9-3-4-10-22(21)25)28-27(20-14-13-18-7-1-2-8-19(18)17-20)33-30-29(32-28)24-11-5-6-12-26(24)34-30/h1-17H. The highest BCUT2D eigenvalue weighted by molar-refractivity contribution is 9.10. The van der Waals surface area contributed by atoms with Crippen molar-refractivity contribution in [1.82, 2.24) is 9.97 Å². The van der Waals surface area contributed by atoms with E-state index in [1.54, 1.807) is 11.3 Å². The van der Waals surface area contributed by atoms with Gasteiger partial charge in [0.2, 0.25) is 0 Å². The molecule has 160 valence electrons. The van der Waals surface area contributed by atoms with Crippen molar-refractivity contribution in [1.29, 1.82) is 0 Å². The summed E-state index contributed by atoms with van der Waals surface area (Å²) in [5.74, 6) is 0. The smallest absolute Gasteiger partial charge is 0.143 e. The third kappa shape index (κ3) is 3.07. The van der Waals surface area contributed by atoms with Crippen LogP contribution < -0.4 is 0 Å². The van der Waals surface area contributed by atoms with Gasteiger partial charge in [-0.2, -0.15) is 0 Å². The molecule has 0 radical (unpaired) electrons. The fourth-order valence-corrected chi connectivity index (χ4v) is 6.21. The summed E-state index contributed by atoms with van der Waals surface area (Å²) in [6.45, 7) is 0. The molecule has 5 aromatic carbocycles. The van der Waals surface area contributed by atoms with Gasteiger partial charge in [0.1, 0.15) is 10.3 Å². The normalized spacial score (nSPS) is 11.7. The molecule has 0 aliphatic rings. The van der Waals surface area contributed by atoms with Crippen molar-refractivity contribution < 1.29 is 0 Å². The van der Waals surface area contributed by atoms with E-state index in [4.69, 9.17) is 9.97 Å². The van der Waals surface area contributed by atoms with Gasteiger partial charge in [0, 0.05) is 25.7 Å². The molecule has 7 rings (SSSR count). The van der Waals surface area contributed by atoms with E-state index >= 15 is 0 Å². The fraction of sp³-hybridized carbons (Fsp3) is 0. The van der Waals surface area contributed by atoms with Gasteiger partial charge in [-0.1, -0.05) is 101 Å². The van der Waals surface area contributed by atoms with Crippen LogP contribution in [0.25, 0.3) is 64.5 Å². The zero-order chi connectivity index (χ0) is 22.6. The number of aromatic nitrogens is 2. The van der Waals surface area contributed by atoms with Crippen LogP contribution in [-0.4, -0.2) is 9.97 Å². The third-order valence-corrected chi connectivity index (χ3v) is 8.11. The minimum atomic E-state index is 0.912. The van der Waals surface area contributed by atoms with E-state index < -0.39 is 0 Å². The predicted octanol–water partition coefficient (Wildman–Crippen LogP) is 9.25. The topological polar surface area (TPSA) is 25.8 Å². The Kier molecular flexibility index (Phi) is 4.51. The molecule has 0 aliphatic heterocycles. The summed E-state index contributed by atoms with van der Waals surface area (Å²) in [6.07, 6.45) is 0. The Balaban J connectivity index is 1.61. The van der Waals surface area contributed by atoms with Crippen molar-refractivity contribution in [2.24, 2.45) is 0 Å². The lowest BCUT2D eigenvalue weighted by Gasteiger charge is -2.13. The number of hydrogen-bond acceptors (Lipinski definition) is 3. The number of nitrogens with zero attached hydrogens (tertiary/aromatic N) is 2. The summed E-state index contributed by atoms with van der Waals surface area (Å²) >= 11 is 5.43. The van der Waals surface area contributed by atoms with Crippen molar-refractivity contribution in [3.63, 3.8) is 0 Å². The lowest BCUT2D eigenvalue weighted by atomic mass is 9.97. The highest BCUT2D eigenvalue weighted by atomic mass is 79.9. The number of hydrogen-bond donors (Lipinski definition) is 0. The average molecular weight is 517 g/mol. The van der Waals surface area contributed by atoms with Gasteiger partial charge >= 0.3 is 0 Å². The summed E-state index contributed by atoms with van der Waals surface area (Å²) < 4.78 is 2.29. The molecule has 0 unspecified atom stereocenters. The molecule has 0 bridgehead atoms. The SMILES string of the molecule is Brc1ccc(-c2nc3c(nc2-c2ccc4ccccc4c2)sc2ccccc23)c2ccccc12. The molecular weight excluding hydrogens is 500 g/mol. The van der Waals surface area contributed by atoms with Crippen molar-refractivity contribution in [2.75, 3.05) is 0 Å². The first-order valence-corrected chi connectivity index (χ1v) is 12.7. The molecule has 0 saturated carbocycles. The Hall–Kier alpha value is -3.60. The van der Waals surface area contributed by atoms with E-state index in [9.17, 15) is 0 Å². The highest BCUT2D eigenvalue weighted by Crippen LogP contribution is 2.40. The molecule has 0 N–H and O–H groups in total. The Labute approximate surface area is 208 Å². The Morgan fingerprint density at radius 2 is 1.32 bits per heavy atom. The van der Waals surface area contributed by atoms with E-state index in [1.807, 2.05) is 0 Å². The molecule has 4 heteroatoms. The fourth-order valence-electron chi connectivity index (χ4n) is 4.72. The zero-order valence-corrected chi connectivity index (χ0v) is 20.4. The van der Waals surface area contributed by atoms with Gasteiger partial charge < -0.3 is 0 Å². The minimum Gasteiger partial charge on any atom is -0.242 e. The maximum Gasteiger partial charge on any atom is 0.143 e. The lowest BCUT2D eigenvalue weighted by molar-refractivity contribution is 1.32. The van der Waals surface area contributed by atoms with Crippen LogP contribution in [0.4, 0.5) is 0 Å². The molecule has 7 aromatic rings. The van der Waals surface area contributed by atoms with Gasteiger partial charge in [0.25, 0.3) is 0 Å². The Morgan fingerprint density at radius 3 is 2.21 bits per heavy atom. The first-order valence-electron chi connectivity index (χ1n) is 11.1. The molecule has 2 nitrogen and oxygen atoms in total. The van der Waals surface area contributed by atoms with Gasteiger partial charge in [0.15, 0.2) is 0 Å². The van der Waals surface area contributed by atoms with Crippen molar-refractivity contribution >= 4 is 69.2 Å². The van der Waals surface area contributed by atoms with E-state index in [-0.39, 0.29) is 0 Å². The van der Waals surface area contributed by atoms with E-state index in [0.717, 1.165) is 48.1 Å². The van der Waals surface area contributed by atoms with Crippen molar-refractivity contribution in [3.8, 4) is 22.5 Å². The van der Waals surface area contributed by atoms with Gasteiger partial charge in [-0.05, 0) is 39.7 Å². The van der Waals surface area contributed by atoms with Crippen LogP contribution in [0.2, 0.25) is 0 Å². The van der Waals surface area contributed by atoms with E-state index in [2.05, 4.69) is 119 Å². The Bertz CT molecular complexity index is 1890. The van der Waals surface area contributed by atoms with Gasteiger partial charge in [0.05, 0.1) is 11.4 Å². The number of halogens is 1. The number of fused-ring (bicyclic) bond motifs is 5. The number of benzene rings is 5. The quantitative estimate of drug-likeness (QED) is 0.228. The van der Waals surface area contributed by atoms with Crippen LogP contribution in [0, 0.1) is 0 Å². The molecule has 2 heterocycles. The molecule has 0 atom stereocenters. The van der Waals surface area contributed by atoms with Crippen LogP contribution in [0.5, 0.6) is 0 Å². The van der Waals surface area contributed by atoms with Gasteiger partial charge in [-0.3, -0.25) is 0 Å². The summed E-state index contributed by atoms with van der Waals surface area (Å²) in [5.41, 5.74) is 4.96. The second-order valence-corrected chi connectivity index (χ2v) is 10.3. The van der Waals surface area contributed by atoms with E-state index in [1.165, 1.54) is 20.9 Å². The van der Waals surface area contributed by atoms with E-state index in [0.29, 0.717) is 0 Å². The molecule has 34 heavy (non-hydrogen) atoms. The second kappa shape index (κ2) is 7.73. The zero-order valence-electron chi connectivity index (χ0n) is 18.0. The highest BCUT2D eigenvalue weighted by Gasteiger charge is 2.19. The number of thiophene rings is 1. The summed E-state index contributed by atoms with van der Waals surface area (Å²) in [4.78, 5) is 11.5. The molecular formula is C30H17BrN2S. The van der Waals surface area contributed by atoms with Gasteiger partial charge in [-0.25, -0.2) is 9.97 Å². The average Bonchev–Trinajstić information content (AvgIpc) is 3.26. The second-order valence-electron chi connectivity index (χ2n) is 8.38. The molecule has 0 aliphatic carbocycles. The molecule has 0 spiro atoms. The number of rotatable bonds is 2. The van der Waals surface area contributed by atoms with Crippen LogP contribution in [0.3, 0.4) is 0 Å². The van der Waals surface area contributed by atoms with Crippen molar-refractivity contribution in [2.45, 2.75) is 0 Å². The van der Waals surface area contributed by atoms with Crippen LogP contribution in [-0.2, 0) is 0 Å². The monoisotopic (exact) mass is 516 g/mol. The molecule has 2 aromatic heterocycles. The first kappa shape index (κ1) is 19.8. The summed E-state index contributed by atoms with van der Waals surface area (Å²) in [5, 5.41) is 5.90. The van der Waals surface area contributed by atoms with Gasteiger partial charge in [-0.15, -0.1) is 11.3 Å². The molecule has 0 fully saturated rings. The predicted molar refractivity (Wildman–Crippen MR) is 149 cm³/mol. The minimum absolute atomic E-state index is 0.912. The molecule has 0 saturated heterocycles. The van der Waals surface area contributed by atoms with Crippen molar-refractivity contribution in [3.05, 3.63) is 108 Å².